The monoisotopic (exact) mass is 869 g/mol. The van der Waals surface area contributed by atoms with Gasteiger partial charge < -0.3 is 39.0 Å². The number of fused-ring (bicyclic) bond motifs is 2. The SMILES string of the molecule is CC[C@H]1OC(=O)[C@H](C)C(=O)[C@H](C)[C@@H](O[C@@H]2O[C@H](C)CC(N(C)C)C2O)[C@](C)(OC)C[C@@H](C)CN[C@H](C)[C@H]2N(CCCCn3cc(-c4nc5ccccc5s4)nn3)C(=O)O[C@]12C. The molecule has 5 heterocycles. The van der Waals surface area contributed by atoms with Gasteiger partial charge in [-0.3, -0.25) is 19.2 Å². The number of amides is 1. The number of carbonyl (C=O) groups excluding carboxylic acids is 3. The van der Waals surface area contributed by atoms with E-state index in [9.17, 15) is 19.5 Å². The Morgan fingerprint density at radius 1 is 1.07 bits per heavy atom. The predicted molar refractivity (Wildman–Crippen MR) is 231 cm³/mol. The Balaban J connectivity index is 1.21. The normalized spacial score (nSPS) is 35.8. The Morgan fingerprint density at radius 3 is 2.48 bits per heavy atom. The van der Waals surface area contributed by atoms with Crippen LogP contribution in [0.1, 0.15) is 87.5 Å². The maximum atomic E-state index is 14.4. The zero-order chi connectivity index (χ0) is 44.4. The molecule has 3 fully saturated rings. The number of rotatable bonds is 11. The first-order chi connectivity index (χ1) is 28.9. The van der Waals surface area contributed by atoms with Crippen molar-refractivity contribution < 1.29 is 43.2 Å². The molecule has 0 bridgehead atoms. The number of thiazole rings is 1. The van der Waals surface area contributed by atoms with Crippen LogP contribution in [0.5, 0.6) is 0 Å². The van der Waals surface area contributed by atoms with Gasteiger partial charge in [0.15, 0.2) is 17.7 Å². The lowest BCUT2D eigenvalue weighted by Gasteiger charge is -2.46. The van der Waals surface area contributed by atoms with Crippen LogP contribution < -0.4 is 5.32 Å². The minimum Gasteiger partial charge on any atom is -0.458 e. The standard InChI is InChI=1S/C44H67N7O9S/c1-12-34-44(8)37(51(42(55)60-44)20-16-15-19-50-24-31(47-48-50)39-46-30-17-13-14-18-33(30)61-39)29(6)45-23-25(2)22-43(7,56-11)38(27(4)35(52)28(5)40(54)58-34)59-41-36(53)32(49(9)10)21-26(3)57-41/h13-14,17-18,24-29,32,34,36-38,41,45,53H,12,15-16,19-23H2,1-11H3/t25-,26-,27+,28-,29-,32?,34-,36?,37-,38-,41+,43-,44-/m1/s1. The number of benzene rings is 1. The molecule has 338 valence electrons. The van der Waals surface area contributed by atoms with Gasteiger partial charge in [-0.05, 0) is 105 Å². The Morgan fingerprint density at radius 2 is 1.79 bits per heavy atom. The number of hydrogen-bond donors (Lipinski definition) is 2. The van der Waals surface area contributed by atoms with Gasteiger partial charge in [0.1, 0.15) is 28.8 Å². The van der Waals surface area contributed by atoms with E-state index < -0.39 is 71.5 Å². The average Bonchev–Trinajstić information content (AvgIpc) is 3.95. The Bertz CT molecular complexity index is 1950. The molecular formula is C44H67N7O9S. The number of para-hydroxylation sites is 1. The van der Waals surface area contributed by atoms with E-state index in [4.69, 9.17) is 28.7 Å². The van der Waals surface area contributed by atoms with Gasteiger partial charge in [0.25, 0.3) is 0 Å². The van der Waals surface area contributed by atoms with E-state index in [1.165, 1.54) is 0 Å². The summed E-state index contributed by atoms with van der Waals surface area (Å²) in [6, 6.07) is 6.94. The molecule has 0 aliphatic carbocycles. The number of esters is 1. The molecule has 13 atom stereocenters. The number of nitrogens with zero attached hydrogens (tertiary/aromatic N) is 6. The third kappa shape index (κ3) is 9.98. The summed E-state index contributed by atoms with van der Waals surface area (Å²) < 4.78 is 34.5. The van der Waals surface area contributed by atoms with Crippen LogP contribution in [0, 0.1) is 17.8 Å². The van der Waals surface area contributed by atoms with Crippen molar-refractivity contribution in [2.75, 3.05) is 34.3 Å². The van der Waals surface area contributed by atoms with E-state index in [1.54, 1.807) is 41.9 Å². The van der Waals surface area contributed by atoms with Gasteiger partial charge in [-0.15, -0.1) is 16.4 Å². The number of unbranched alkanes of at least 4 members (excludes halogenated alkanes) is 1. The molecule has 61 heavy (non-hydrogen) atoms. The van der Waals surface area contributed by atoms with Crippen molar-refractivity contribution in [3.63, 3.8) is 0 Å². The summed E-state index contributed by atoms with van der Waals surface area (Å²) >= 11 is 1.58. The highest BCUT2D eigenvalue weighted by molar-refractivity contribution is 7.21. The van der Waals surface area contributed by atoms with Crippen LogP contribution in [-0.4, -0.2) is 147 Å². The van der Waals surface area contributed by atoms with E-state index in [-0.39, 0.29) is 24.1 Å². The minimum atomic E-state index is -1.23. The molecule has 2 aromatic heterocycles. The quantitative estimate of drug-likeness (QED) is 0.144. The number of aliphatic hydroxyl groups is 1. The van der Waals surface area contributed by atoms with Crippen LogP contribution >= 0.6 is 11.3 Å². The van der Waals surface area contributed by atoms with Gasteiger partial charge >= 0.3 is 12.1 Å². The molecule has 3 aliphatic rings. The van der Waals surface area contributed by atoms with Crippen molar-refractivity contribution >= 4 is 39.4 Å². The van der Waals surface area contributed by atoms with E-state index >= 15 is 0 Å². The highest BCUT2D eigenvalue weighted by Gasteiger charge is 2.58. The molecule has 1 aromatic carbocycles. The lowest BCUT2D eigenvalue weighted by atomic mass is 9.78. The topological polar surface area (TPSA) is 180 Å². The number of cyclic esters (lactones) is 1. The fourth-order valence-corrected chi connectivity index (χ4v) is 10.6. The second-order valence-corrected chi connectivity index (χ2v) is 19.2. The summed E-state index contributed by atoms with van der Waals surface area (Å²) in [7, 11) is 5.40. The maximum absolute atomic E-state index is 14.4. The molecule has 17 heteroatoms. The fraction of sp³-hybridized carbons (Fsp3) is 0.727. The Labute approximate surface area is 363 Å². The second-order valence-electron chi connectivity index (χ2n) is 18.1. The molecule has 1 amide bonds. The van der Waals surface area contributed by atoms with Crippen LogP contribution in [0.2, 0.25) is 0 Å². The molecule has 3 saturated heterocycles. The molecule has 2 N–H and O–H groups in total. The van der Waals surface area contributed by atoms with Gasteiger partial charge in [0.05, 0.1) is 40.3 Å². The summed E-state index contributed by atoms with van der Waals surface area (Å²) in [5, 5.41) is 24.7. The molecular weight excluding hydrogens is 803 g/mol. The van der Waals surface area contributed by atoms with Gasteiger partial charge in [0.2, 0.25) is 0 Å². The van der Waals surface area contributed by atoms with Crippen molar-refractivity contribution in [2.24, 2.45) is 17.8 Å². The first-order valence-electron chi connectivity index (χ1n) is 21.8. The van der Waals surface area contributed by atoms with Crippen molar-refractivity contribution in [3.05, 3.63) is 30.5 Å². The lowest BCUT2D eigenvalue weighted by molar-refractivity contribution is -0.295. The number of hydrogen-bond acceptors (Lipinski definition) is 15. The predicted octanol–water partition coefficient (Wildman–Crippen LogP) is 5.31. The minimum absolute atomic E-state index is 0.0121. The molecule has 2 unspecified atom stereocenters. The zero-order valence-corrected chi connectivity index (χ0v) is 38.5. The number of carbonyl (C=O) groups is 3. The molecule has 16 nitrogen and oxygen atoms in total. The Hall–Kier alpha value is -3.58. The number of aromatic nitrogens is 4. The third-order valence-corrected chi connectivity index (χ3v) is 14.2. The van der Waals surface area contributed by atoms with E-state index in [0.29, 0.717) is 51.0 Å². The second kappa shape index (κ2) is 19.4. The average molecular weight is 870 g/mol. The largest absolute Gasteiger partial charge is 0.458 e. The molecule has 0 saturated carbocycles. The number of ketones is 1. The summed E-state index contributed by atoms with van der Waals surface area (Å²) in [6.45, 7) is 16.5. The summed E-state index contributed by atoms with van der Waals surface area (Å²) in [5.74, 6) is -3.16. The van der Waals surface area contributed by atoms with Crippen molar-refractivity contribution in [3.8, 4) is 10.7 Å². The summed E-state index contributed by atoms with van der Waals surface area (Å²) in [4.78, 5) is 50.7. The summed E-state index contributed by atoms with van der Waals surface area (Å²) in [5.41, 5.74) is -0.630. The maximum Gasteiger partial charge on any atom is 0.410 e. The van der Waals surface area contributed by atoms with Gasteiger partial charge in [-0.25, -0.2) is 9.78 Å². The van der Waals surface area contributed by atoms with E-state index in [2.05, 4.69) is 22.6 Å². The van der Waals surface area contributed by atoms with E-state index in [1.807, 2.05) is 84.1 Å². The van der Waals surface area contributed by atoms with Crippen molar-refractivity contribution in [2.45, 2.75) is 154 Å². The van der Waals surface area contributed by atoms with E-state index in [0.717, 1.165) is 21.6 Å². The van der Waals surface area contributed by atoms with Crippen LogP contribution in [0.4, 0.5) is 4.79 Å². The number of aliphatic hydroxyl groups excluding tert-OH is 1. The Kier molecular flexibility index (Phi) is 14.9. The smallest absolute Gasteiger partial charge is 0.410 e. The van der Waals surface area contributed by atoms with Crippen molar-refractivity contribution in [1.29, 1.82) is 0 Å². The fourth-order valence-electron chi connectivity index (χ4n) is 9.70. The zero-order valence-electron chi connectivity index (χ0n) is 37.7. The first-order valence-corrected chi connectivity index (χ1v) is 22.7. The van der Waals surface area contributed by atoms with Crippen LogP contribution in [0.15, 0.2) is 30.5 Å². The van der Waals surface area contributed by atoms with Gasteiger partial charge in [-0.1, -0.05) is 38.1 Å². The molecule has 0 spiro atoms. The van der Waals surface area contributed by atoms with Crippen LogP contribution in [0.25, 0.3) is 20.9 Å². The summed E-state index contributed by atoms with van der Waals surface area (Å²) in [6.07, 6.45) is 0.226. The molecule has 0 radical (unpaired) electrons. The van der Waals surface area contributed by atoms with Crippen LogP contribution in [-0.2, 0) is 39.8 Å². The van der Waals surface area contributed by atoms with Crippen molar-refractivity contribution in [1.82, 2.24) is 35.1 Å². The number of Topliss-reactive ketones (excluding diaryl/α,β-unsaturated/α-hetero) is 1. The highest BCUT2D eigenvalue weighted by Crippen LogP contribution is 2.40. The number of ether oxygens (including phenoxy) is 5. The molecule has 6 rings (SSSR count). The van der Waals surface area contributed by atoms with Gasteiger partial charge in [0, 0.05) is 38.2 Å². The van der Waals surface area contributed by atoms with Crippen LogP contribution in [0.3, 0.4) is 0 Å². The number of likely N-dealkylation sites (N-methyl/N-ethyl adjacent to an activating group) is 1. The highest BCUT2D eigenvalue weighted by atomic mass is 32.1. The lowest BCUT2D eigenvalue weighted by Crippen LogP contribution is -2.61. The first kappa shape index (κ1) is 46.9. The number of methoxy groups -OCH3 is 1. The number of aryl methyl sites for hydroxylation is 1. The molecule has 3 aliphatic heterocycles. The number of nitrogens with one attached hydrogen (secondary N) is 1. The van der Waals surface area contributed by atoms with Gasteiger partial charge in [-0.2, -0.15) is 0 Å². The third-order valence-electron chi connectivity index (χ3n) is 13.1. The molecule has 3 aromatic rings.